The fraction of sp³-hybridized carbons (Fsp3) is 0.214. The minimum atomic E-state index is -1.11. The van der Waals surface area contributed by atoms with Crippen molar-refractivity contribution in [1.29, 1.82) is 0 Å². The van der Waals surface area contributed by atoms with E-state index in [1.54, 1.807) is 0 Å². The lowest BCUT2D eigenvalue weighted by molar-refractivity contribution is 0.0691. The van der Waals surface area contributed by atoms with E-state index in [1.165, 1.54) is 12.4 Å². The van der Waals surface area contributed by atoms with Crippen LogP contribution in [0.1, 0.15) is 21.6 Å². The summed E-state index contributed by atoms with van der Waals surface area (Å²) in [5, 5.41) is 12.1. The van der Waals surface area contributed by atoms with Crippen molar-refractivity contribution in [2.75, 3.05) is 11.9 Å². The van der Waals surface area contributed by atoms with Crippen molar-refractivity contribution in [2.24, 2.45) is 0 Å². The summed E-state index contributed by atoms with van der Waals surface area (Å²) in [7, 11) is 0. The van der Waals surface area contributed by atoms with Gasteiger partial charge in [0.15, 0.2) is 11.5 Å². The zero-order valence-electron chi connectivity index (χ0n) is 11.0. The number of nitrogens with one attached hydrogen (secondary N) is 1. The van der Waals surface area contributed by atoms with Crippen LogP contribution in [0.3, 0.4) is 0 Å². The minimum absolute atomic E-state index is 0.0925. The topological polar surface area (TPSA) is 84.3 Å². The average Bonchev–Trinajstić information content (AvgIpc) is 2.93. The molecular weight excluding hydrogens is 338 g/mol. The van der Waals surface area contributed by atoms with Gasteiger partial charge in [-0.1, -0.05) is 15.9 Å². The number of carbonyl (C=O) groups is 1. The maximum atomic E-state index is 11.1. The quantitative estimate of drug-likeness (QED) is 0.881. The molecule has 2 N–H and O–H groups in total. The smallest absolute Gasteiger partial charge is 0.358 e. The number of hydrogen-bond donors (Lipinski definition) is 2. The summed E-state index contributed by atoms with van der Waals surface area (Å²) in [5.74, 6) is 0.00417. The second kappa shape index (κ2) is 5.69. The molecule has 21 heavy (non-hydrogen) atoms. The van der Waals surface area contributed by atoms with Crippen LogP contribution in [-0.2, 0) is 13.0 Å². The molecule has 0 saturated carbocycles. The number of aromatic nitrogens is 2. The van der Waals surface area contributed by atoms with Crippen LogP contribution in [0.5, 0.6) is 5.75 Å². The molecule has 1 aliphatic heterocycles. The predicted molar refractivity (Wildman–Crippen MR) is 79.7 cm³/mol. The van der Waals surface area contributed by atoms with Crippen LogP contribution < -0.4 is 10.1 Å². The maximum absolute atomic E-state index is 11.1. The highest BCUT2D eigenvalue weighted by Crippen LogP contribution is 2.33. The molecule has 0 fully saturated rings. The highest BCUT2D eigenvalue weighted by molar-refractivity contribution is 9.10. The third kappa shape index (κ3) is 2.82. The van der Waals surface area contributed by atoms with Crippen LogP contribution in [0.2, 0.25) is 0 Å². The first-order valence-corrected chi connectivity index (χ1v) is 7.16. The second-order valence-corrected chi connectivity index (χ2v) is 5.48. The molecule has 1 aromatic heterocycles. The fourth-order valence-corrected chi connectivity index (χ4v) is 2.83. The van der Waals surface area contributed by atoms with E-state index < -0.39 is 5.97 Å². The molecule has 2 heterocycles. The van der Waals surface area contributed by atoms with E-state index in [4.69, 9.17) is 9.84 Å². The van der Waals surface area contributed by atoms with Crippen molar-refractivity contribution in [3.8, 4) is 5.75 Å². The van der Waals surface area contributed by atoms with E-state index in [1.807, 2.05) is 12.1 Å². The Balaban J connectivity index is 1.85. The van der Waals surface area contributed by atoms with Crippen molar-refractivity contribution in [3.63, 3.8) is 0 Å². The van der Waals surface area contributed by atoms with Gasteiger partial charge in [0, 0.05) is 35.4 Å². The van der Waals surface area contributed by atoms with Crippen molar-refractivity contribution in [1.82, 2.24) is 9.97 Å². The summed E-state index contributed by atoms with van der Waals surface area (Å²) in [6.07, 6.45) is 3.69. The molecule has 0 amide bonds. The molecule has 6 nitrogen and oxygen atoms in total. The number of halogens is 1. The summed E-state index contributed by atoms with van der Waals surface area (Å²) >= 11 is 3.47. The summed E-state index contributed by atoms with van der Waals surface area (Å²) < 4.78 is 6.61. The van der Waals surface area contributed by atoms with Gasteiger partial charge in [0.2, 0.25) is 0 Å². The van der Waals surface area contributed by atoms with Crippen LogP contribution in [0.15, 0.2) is 29.0 Å². The van der Waals surface area contributed by atoms with Gasteiger partial charge in [-0.3, -0.25) is 0 Å². The lowest BCUT2D eigenvalue weighted by Crippen LogP contribution is -2.10. The van der Waals surface area contributed by atoms with Crippen LogP contribution in [-0.4, -0.2) is 27.7 Å². The first-order chi connectivity index (χ1) is 10.1. The number of carboxylic acids is 1. The molecule has 7 heteroatoms. The van der Waals surface area contributed by atoms with Crippen LogP contribution >= 0.6 is 15.9 Å². The molecule has 0 unspecified atom stereocenters. The van der Waals surface area contributed by atoms with Gasteiger partial charge < -0.3 is 15.2 Å². The normalized spacial score (nSPS) is 12.6. The average molecular weight is 350 g/mol. The number of carboxylic acid groups (broad SMARTS) is 1. The van der Waals surface area contributed by atoms with Gasteiger partial charge in [0.1, 0.15) is 5.75 Å². The van der Waals surface area contributed by atoms with Gasteiger partial charge >= 0.3 is 5.97 Å². The third-order valence-corrected chi connectivity index (χ3v) is 3.63. The van der Waals surface area contributed by atoms with Crippen LogP contribution in [0, 0.1) is 0 Å². The Morgan fingerprint density at radius 1 is 1.38 bits per heavy atom. The van der Waals surface area contributed by atoms with Crippen LogP contribution in [0.4, 0.5) is 5.82 Å². The fourth-order valence-electron chi connectivity index (χ4n) is 2.28. The van der Waals surface area contributed by atoms with E-state index in [2.05, 4.69) is 31.2 Å². The molecule has 3 rings (SSSR count). The van der Waals surface area contributed by atoms with Crippen molar-refractivity contribution >= 4 is 27.7 Å². The molecule has 2 aromatic rings. The molecule has 0 spiro atoms. The maximum Gasteiger partial charge on any atom is 0.358 e. The molecule has 108 valence electrons. The lowest BCUT2D eigenvalue weighted by Gasteiger charge is -2.11. The zero-order valence-corrected chi connectivity index (χ0v) is 12.6. The summed E-state index contributed by atoms with van der Waals surface area (Å²) in [4.78, 5) is 18.9. The highest BCUT2D eigenvalue weighted by atomic mass is 79.9. The second-order valence-electron chi connectivity index (χ2n) is 4.56. The van der Waals surface area contributed by atoms with Gasteiger partial charge in [-0.15, -0.1) is 0 Å². The van der Waals surface area contributed by atoms with Crippen molar-refractivity contribution < 1.29 is 14.6 Å². The molecule has 0 bridgehead atoms. The number of benzene rings is 1. The number of nitrogens with zero attached hydrogens (tertiary/aromatic N) is 2. The molecule has 0 radical (unpaired) electrons. The molecule has 0 atom stereocenters. The summed E-state index contributed by atoms with van der Waals surface area (Å²) in [6, 6.07) is 3.99. The Morgan fingerprint density at radius 3 is 3.00 bits per heavy atom. The highest BCUT2D eigenvalue weighted by Gasteiger charge is 2.18. The molecule has 1 aromatic carbocycles. The van der Waals surface area contributed by atoms with E-state index in [0.717, 1.165) is 27.8 Å². The Hall–Kier alpha value is -2.15. The molecular formula is C14H12BrN3O3. The number of aromatic carboxylic acids is 1. The molecule has 0 aliphatic carbocycles. The lowest BCUT2D eigenvalue weighted by atomic mass is 10.1. The Bertz CT molecular complexity index is 706. The number of rotatable bonds is 4. The van der Waals surface area contributed by atoms with Gasteiger partial charge in [-0.25, -0.2) is 14.8 Å². The third-order valence-electron chi connectivity index (χ3n) is 3.17. The Labute approximate surface area is 129 Å². The minimum Gasteiger partial charge on any atom is -0.493 e. The monoisotopic (exact) mass is 349 g/mol. The van der Waals surface area contributed by atoms with Gasteiger partial charge in [-0.2, -0.15) is 0 Å². The van der Waals surface area contributed by atoms with E-state index in [0.29, 0.717) is 13.2 Å². The zero-order chi connectivity index (χ0) is 14.8. The van der Waals surface area contributed by atoms with E-state index in [-0.39, 0.29) is 11.5 Å². The predicted octanol–water partition coefficient (Wildman–Crippen LogP) is 2.48. The van der Waals surface area contributed by atoms with Crippen molar-refractivity contribution in [3.05, 3.63) is 45.8 Å². The number of anilines is 1. The molecule has 1 aliphatic rings. The van der Waals surface area contributed by atoms with Gasteiger partial charge in [0.25, 0.3) is 0 Å². The number of hydrogen-bond acceptors (Lipinski definition) is 5. The largest absolute Gasteiger partial charge is 0.493 e. The first-order valence-electron chi connectivity index (χ1n) is 6.37. The summed E-state index contributed by atoms with van der Waals surface area (Å²) in [6.45, 7) is 1.09. The Morgan fingerprint density at radius 2 is 2.19 bits per heavy atom. The first kappa shape index (κ1) is 13.8. The SMILES string of the molecule is O=C(O)c1nccnc1NCc1cc(Br)cc2c1OCC2. The van der Waals surface area contributed by atoms with E-state index >= 15 is 0 Å². The Kier molecular flexibility index (Phi) is 3.74. The molecule has 0 saturated heterocycles. The number of fused-ring (bicyclic) bond motifs is 1. The number of ether oxygens (including phenoxy) is 1. The van der Waals surface area contributed by atoms with Crippen molar-refractivity contribution in [2.45, 2.75) is 13.0 Å². The van der Waals surface area contributed by atoms with Crippen LogP contribution in [0.25, 0.3) is 0 Å². The summed E-state index contributed by atoms with van der Waals surface area (Å²) in [5.41, 5.74) is 2.02. The standard InChI is InChI=1S/C14H12BrN3O3/c15-10-5-8-1-4-21-12(8)9(6-10)7-18-13-11(14(19)20)16-2-3-17-13/h2-3,5-6H,1,4,7H2,(H,17,18)(H,19,20). The van der Waals surface area contributed by atoms with Gasteiger partial charge in [0.05, 0.1) is 6.61 Å². The van der Waals surface area contributed by atoms with E-state index in [9.17, 15) is 4.79 Å². The van der Waals surface area contributed by atoms with Gasteiger partial charge in [-0.05, 0) is 17.7 Å².